The Hall–Kier alpha value is -2.23. The molecule has 2 aromatic rings. The Morgan fingerprint density at radius 3 is 2.43 bits per heavy atom. The summed E-state index contributed by atoms with van der Waals surface area (Å²) in [6.07, 6.45) is 2.16. The fourth-order valence-electron chi connectivity index (χ4n) is 3.03. The number of hydrogen-bond donors (Lipinski definition) is 1. The van der Waals surface area contributed by atoms with Crippen LogP contribution in [0.2, 0.25) is 0 Å². The van der Waals surface area contributed by atoms with Gasteiger partial charge in [0.1, 0.15) is 29.9 Å². The fourth-order valence-corrected chi connectivity index (χ4v) is 3.03. The molecule has 8 nitrogen and oxygen atoms in total. The summed E-state index contributed by atoms with van der Waals surface area (Å²) >= 11 is 0. The van der Waals surface area contributed by atoms with Crippen molar-refractivity contribution in [2.45, 2.75) is 37.5 Å². The van der Waals surface area contributed by atoms with E-state index in [4.69, 9.17) is 28.4 Å². The summed E-state index contributed by atoms with van der Waals surface area (Å²) in [5.41, 5.74) is 0.988. The van der Waals surface area contributed by atoms with E-state index in [0.717, 1.165) is 11.3 Å². The highest BCUT2D eigenvalue weighted by Gasteiger charge is 2.43. The lowest BCUT2D eigenvalue weighted by Crippen LogP contribution is -2.52. The fraction of sp³-hybridized carbons (Fsp3) is 0.450. The molecule has 1 N–H and O–H groups in total. The normalized spacial score (nSPS) is 26.0. The highest BCUT2D eigenvalue weighted by atomic mass is 16.8. The summed E-state index contributed by atoms with van der Waals surface area (Å²) in [6, 6.07) is 7.66. The Bertz CT molecular complexity index is 721. The van der Waals surface area contributed by atoms with Crippen LogP contribution < -0.4 is 4.74 Å². The largest absolute Gasteiger partial charge is 0.497 e. The van der Waals surface area contributed by atoms with Gasteiger partial charge < -0.3 is 33.4 Å². The second-order valence-corrected chi connectivity index (χ2v) is 6.20. The third-order valence-electron chi connectivity index (χ3n) is 4.50. The highest BCUT2D eigenvalue weighted by molar-refractivity contribution is 5.26. The maximum Gasteiger partial charge on any atom is 0.209 e. The van der Waals surface area contributed by atoms with Gasteiger partial charge in [-0.3, -0.25) is 0 Å². The van der Waals surface area contributed by atoms with E-state index in [-0.39, 0.29) is 0 Å². The third-order valence-corrected chi connectivity index (χ3v) is 4.50. The molecule has 0 radical (unpaired) electrons. The van der Waals surface area contributed by atoms with Crippen molar-refractivity contribution >= 4 is 0 Å². The number of imidazole rings is 1. The Kier molecular flexibility index (Phi) is 7.18. The quantitative estimate of drug-likeness (QED) is 0.659. The second kappa shape index (κ2) is 9.81. The van der Waals surface area contributed by atoms with Gasteiger partial charge in [0.25, 0.3) is 0 Å². The lowest BCUT2D eigenvalue weighted by molar-refractivity contribution is -0.356. The van der Waals surface area contributed by atoms with Crippen LogP contribution in [-0.4, -0.2) is 56.1 Å². The summed E-state index contributed by atoms with van der Waals surface area (Å²) in [5, 5.41) is 0. The lowest BCUT2D eigenvalue weighted by atomic mass is 10.1. The standard InChI is InChI=1S/C20H26N2O6/c1-5-15-16(28-20(25-4)19(24-3)27-15)17(18-21-10-11-22-18)26-12-13-6-8-14(23-2)9-7-13/h5-11,15-17,19-20H,1,12H2,2-4H3,(H,21,22)/t15-,16+,17+,19+,20+/m1/s1. The first-order chi connectivity index (χ1) is 13.7. The number of ether oxygens (including phenoxy) is 6. The molecule has 0 amide bonds. The summed E-state index contributed by atoms with van der Waals surface area (Å²) in [7, 11) is 4.70. The maximum absolute atomic E-state index is 6.20. The van der Waals surface area contributed by atoms with Crippen molar-refractivity contribution in [3.05, 3.63) is 60.7 Å². The van der Waals surface area contributed by atoms with Crippen molar-refractivity contribution in [2.24, 2.45) is 0 Å². The smallest absolute Gasteiger partial charge is 0.209 e. The van der Waals surface area contributed by atoms with Crippen LogP contribution in [0.5, 0.6) is 5.75 Å². The van der Waals surface area contributed by atoms with E-state index in [1.165, 1.54) is 14.2 Å². The lowest BCUT2D eigenvalue weighted by Gasteiger charge is -2.41. The van der Waals surface area contributed by atoms with Gasteiger partial charge in [0, 0.05) is 26.6 Å². The minimum Gasteiger partial charge on any atom is -0.497 e. The minimum absolute atomic E-state index is 0.352. The van der Waals surface area contributed by atoms with E-state index >= 15 is 0 Å². The molecular weight excluding hydrogens is 364 g/mol. The molecule has 0 aliphatic carbocycles. The summed E-state index contributed by atoms with van der Waals surface area (Å²) in [6.45, 7) is 4.21. The zero-order chi connectivity index (χ0) is 19.9. The SMILES string of the molecule is C=C[C@H]1O[C@H](OC)[C@@H](OC)O[C@@H]1[C@H](OCc1ccc(OC)cc1)c1ncc[nH]1. The van der Waals surface area contributed by atoms with Gasteiger partial charge in [0.2, 0.25) is 12.6 Å². The molecule has 3 rings (SSSR count). The number of aromatic amines is 1. The summed E-state index contributed by atoms with van der Waals surface area (Å²) < 4.78 is 34.1. The maximum atomic E-state index is 6.20. The van der Waals surface area contributed by atoms with Gasteiger partial charge in [-0.2, -0.15) is 0 Å². The molecule has 28 heavy (non-hydrogen) atoms. The molecule has 8 heteroatoms. The molecule has 0 saturated carbocycles. The van der Waals surface area contributed by atoms with Crippen LogP contribution in [0, 0.1) is 0 Å². The third kappa shape index (κ3) is 4.60. The first kappa shape index (κ1) is 20.5. The molecule has 2 heterocycles. The Balaban J connectivity index is 1.79. The molecule has 0 unspecified atom stereocenters. The molecule has 152 valence electrons. The summed E-state index contributed by atoms with van der Waals surface area (Å²) in [5.74, 6) is 1.41. The molecule has 5 atom stereocenters. The molecule has 0 bridgehead atoms. The van der Waals surface area contributed by atoms with E-state index in [2.05, 4.69) is 16.5 Å². The molecule has 1 aliphatic rings. The molecule has 1 aromatic heterocycles. The van der Waals surface area contributed by atoms with Crippen LogP contribution in [0.3, 0.4) is 0 Å². The van der Waals surface area contributed by atoms with Crippen molar-refractivity contribution in [3.8, 4) is 5.75 Å². The van der Waals surface area contributed by atoms with E-state index in [9.17, 15) is 0 Å². The minimum atomic E-state index is -0.701. The predicted molar refractivity (Wildman–Crippen MR) is 101 cm³/mol. The predicted octanol–water partition coefficient (Wildman–Crippen LogP) is 2.59. The topological polar surface area (TPSA) is 84.1 Å². The monoisotopic (exact) mass is 390 g/mol. The van der Waals surface area contributed by atoms with Crippen LogP contribution in [0.15, 0.2) is 49.3 Å². The van der Waals surface area contributed by atoms with E-state index < -0.39 is 30.9 Å². The van der Waals surface area contributed by atoms with Gasteiger partial charge in [-0.25, -0.2) is 4.98 Å². The zero-order valence-corrected chi connectivity index (χ0v) is 16.2. The second-order valence-electron chi connectivity index (χ2n) is 6.20. The van der Waals surface area contributed by atoms with E-state index in [0.29, 0.717) is 12.4 Å². The molecular formula is C20H26N2O6. The van der Waals surface area contributed by atoms with Crippen LogP contribution in [0.25, 0.3) is 0 Å². The van der Waals surface area contributed by atoms with Crippen LogP contribution in [0.1, 0.15) is 17.5 Å². The van der Waals surface area contributed by atoms with Crippen molar-refractivity contribution in [2.75, 3.05) is 21.3 Å². The highest BCUT2D eigenvalue weighted by Crippen LogP contribution is 2.33. The van der Waals surface area contributed by atoms with Crippen molar-refractivity contribution in [3.63, 3.8) is 0 Å². The van der Waals surface area contributed by atoms with Crippen LogP contribution in [-0.2, 0) is 30.3 Å². The number of hydrogen-bond acceptors (Lipinski definition) is 7. The van der Waals surface area contributed by atoms with Gasteiger partial charge in [-0.15, -0.1) is 6.58 Å². The molecule has 1 aromatic carbocycles. The van der Waals surface area contributed by atoms with E-state index in [1.54, 1.807) is 25.6 Å². The molecule has 1 fully saturated rings. The zero-order valence-electron chi connectivity index (χ0n) is 16.2. The number of H-pyrrole nitrogens is 1. The van der Waals surface area contributed by atoms with Crippen molar-refractivity contribution in [1.82, 2.24) is 9.97 Å². The first-order valence-electron chi connectivity index (χ1n) is 8.93. The Morgan fingerprint density at radius 1 is 1.14 bits per heavy atom. The van der Waals surface area contributed by atoms with Gasteiger partial charge in [-0.1, -0.05) is 18.2 Å². The van der Waals surface area contributed by atoms with Gasteiger partial charge in [0.05, 0.1) is 13.7 Å². The average Bonchev–Trinajstić information content (AvgIpc) is 3.28. The first-order valence-corrected chi connectivity index (χ1v) is 8.93. The molecule has 0 spiro atoms. The summed E-state index contributed by atoms with van der Waals surface area (Å²) in [4.78, 5) is 7.44. The number of benzene rings is 1. The number of aromatic nitrogens is 2. The number of rotatable bonds is 9. The van der Waals surface area contributed by atoms with Crippen molar-refractivity contribution < 1.29 is 28.4 Å². The Labute approximate surface area is 164 Å². The van der Waals surface area contributed by atoms with Crippen LogP contribution >= 0.6 is 0 Å². The molecule has 1 aliphatic heterocycles. The van der Waals surface area contributed by atoms with E-state index in [1.807, 2.05) is 24.3 Å². The van der Waals surface area contributed by atoms with Crippen LogP contribution in [0.4, 0.5) is 0 Å². The van der Waals surface area contributed by atoms with Gasteiger partial charge in [-0.05, 0) is 17.7 Å². The number of nitrogens with one attached hydrogen (secondary N) is 1. The molecule has 1 saturated heterocycles. The number of methoxy groups -OCH3 is 3. The van der Waals surface area contributed by atoms with Gasteiger partial charge >= 0.3 is 0 Å². The Morgan fingerprint density at radius 2 is 1.86 bits per heavy atom. The van der Waals surface area contributed by atoms with Gasteiger partial charge in [0.15, 0.2) is 0 Å². The van der Waals surface area contributed by atoms with Crippen molar-refractivity contribution in [1.29, 1.82) is 0 Å². The number of nitrogens with zero attached hydrogens (tertiary/aromatic N) is 1. The average molecular weight is 390 g/mol.